The van der Waals surface area contributed by atoms with Crippen molar-refractivity contribution in [1.82, 2.24) is 10.2 Å². The van der Waals surface area contributed by atoms with Gasteiger partial charge in [-0.2, -0.15) is 0 Å². The largest absolute Gasteiger partial charge is 0.382 e. The van der Waals surface area contributed by atoms with E-state index in [9.17, 15) is 0 Å². The van der Waals surface area contributed by atoms with Gasteiger partial charge >= 0.3 is 0 Å². The quantitative estimate of drug-likeness (QED) is 0.376. The minimum atomic E-state index is 0.650. The summed E-state index contributed by atoms with van der Waals surface area (Å²) in [4.78, 5) is 6.80. The van der Waals surface area contributed by atoms with Crippen LogP contribution in [0.2, 0.25) is 5.02 Å². The van der Waals surface area contributed by atoms with Crippen molar-refractivity contribution in [2.24, 2.45) is 4.99 Å². The highest BCUT2D eigenvalue weighted by Gasteiger charge is 2.06. The van der Waals surface area contributed by atoms with E-state index in [4.69, 9.17) is 21.1 Å². The van der Waals surface area contributed by atoms with E-state index < -0.39 is 0 Å². The summed E-state index contributed by atoms with van der Waals surface area (Å²) >= 11 is 6.05. The van der Waals surface area contributed by atoms with E-state index in [0.29, 0.717) is 13.2 Å². The second-order valence-electron chi connectivity index (χ2n) is 5.53. The number of hydrogen-bond acceptors (Lipinski definition) is 3. The SMILES string of the molecule is CCNC(=NCCCCOCCOC)N(C)Cc1cccc(Cl)c1. The third-order valence-electron chi connectivity index (χ3n) is 3.40. The van der Waals surface area contributed by atoms with Crippen LogP contribution in [0.15, 0.2) is 29.3 Å². The van der Waals surface area contributed by atoms with E-state index in [2.05, 4.69) is 28.2 Å². The van der Waals surface area contributed by atoms with Crippen molar-refractivity contribution in [1.29, 1.82) is 0 Å². The lowest BCUT2D eigenvalue weighted by Crippen LogP contribution is -2.38. The molecule has 0 aliphatic rings. The third-order valence-corrected chi connectivity index (χ3v) is 3.63. The average Bonchev–Trinajstić information content (AvgIpc) is 2.56. The number of hydrogen-bond donors (Lipinski definition) is 1. The number of guanidine groups is 1. The summed E-state index contributed by atoms with van der Waals surface area (Å²) in [6.45, 7) is 6.54. The lowest BCUT2D eigenvalue weighted by molar-refractivity contribution is 0.0690. The van der Waals surface area contributed by atoms with E-state index in [1.807, 2.05) is 25.2 Å². The molecule has 0 unspecified atom stereocenters. The third kappa shape index (κ3) is 9.11. The van der Waals surface area contributed by atoms with Crippen molar-refractivity contribution in [3.63, 3.8) is 0 Å². The molecule has 0 fully saturated rings. The first-order chi connectivity index (χ1) is 11.7. The standard InChI is InChI=1S/C18H30ClN3O2/c1-4-20-18(21-10-5-6-11-24-13-12-23-3)22(2)15-16-8-7-9-17(19)14-16/h7-9,14H,4-6,10-13,15H2,1-3H3,(H,20,21). The molecule has 1 rings (SSSR count). The van der Waals surface area contributed by atoms with Gasteiger partial charge in [0.25, 0.3) is 0 Å². The average molecular weight is 356 g/mol. The fourth-order valence-electron chi connectivity index (χ4n) is 2.20. The predicted molar refractivity (Wildman–Crippen MR) is 101 cm³/mol. The van der Waals surface area contributed by atoms with Crippen molar-refractivity contribution in [2.45, 2.75) is 26.3 Å². The molecular formula is C18H30ClN3O2. The first-order valence-electron chi connectivity index (χ1n) is 8.48. The molecule has 1 N–H and O–H groups in total. The lowest BCUT2D eigenvalue weighted by atomic mass is 10.2. The molecule has 0 bridgehead atoms. The topological polar surface area (TPSA) is 46.1 Å². The highest BCUT2D eigenvalue weighted by Crippen LogP contribution is 2.12. The molecule has 0 heterocycles. The summed E-state index contributed by atoms with van der Waals surface area (Å²) in [5, 5.41) is 4.09. The fourth-order valence-corrected chi connectivity index (χ4v) is 2.41. The molecular weight excluding hydrogens is 326 g/mol. The number of halogens is 1. The summed E-state index contributed by atoms with van der Waals surface area (Å²) in [6.07, 6.45) is 2.01. The number of rotatable bonds is 11. The molecule has 24 heavy (non-hydrogen) atoms. The molecule has 0 aliphatic carbocycles. The zero-order valence-electron chi connectivity index (χ0n) is 15.1. The highest BCUT2D eigenvalue weighted by molar-refractivity contribution is 6.30. The second kappa shape index (κ2) is 13.0. The van der Waals surface area contributed by atoms with Crippen LogP contribution in [-0.2, 0) is 16.0 Å². The van der Waals surface area contributed by atoms with Crippen LogP contribution in [0, 0.1) is 0 Å². The Bertz CT molecular complexity index is 483. The van der Waals surface area contributed by atoms with E-state index >= 15 is 0 Å². The number of unbranched alkanes of at least 4 members (excludes halogenated alkanes) is 1. The van der Waals surface area contributed by atoms with E-state index in [1.54, 1.807) is 7.11 Å². The van der Waals surface area contributed by atoms with Crippen LogP contribution in [-0.4, -0.2) is 57.9 Å². The zero-order chi connectivity index (χ0) is 17.6. The monoisotopic (exact) mass is 355 g/mol. The minimum absolute atomic E-state index is 0.650. The van der Waals surface area contributed by atoms with Crippen LogP contribution < -0.4 is 5.32 Å². The molecule has 0 aromatic heterocycles. The zero-order valence-corrected chi connectivity index (χ0v) is 15.8. The molecule has 6 heteroatoms. The van der Waals surface area contributed by atoms with Gasteiger partial charge in [-0.05, 0) is 37.5 Å². The predicted octanol–water partition coefficient (Wildman–Crippen LogP) is 3.18. The Balaban J connectivity index is 2.38. The van der Waals surface area contributed by atoms with Gasteiger partial charge in [0.05, 0.1) is 13.2 Å². The van der Waals surface area contributed by atoms with Gasteiger partial charge in [0.2, 0.25) is 0 Å². The number of nitrogens with zero attached hydrogens (tertiary/aromatic N) is 2. The van der Waals surface area contributed by atoms with Crippen LogP contribution in [0.5, 0.6) is 0 Å². The van der Waals surface area contributed by atoms with Crippen molar-refractivity contribution in [2.75, 3.05) is 47.1 Å². The maximum absolute atomic E-state index is 6.05. The van der Waals surface area contributed by atoms with Gasteiger partial charge in [0.1, 0.15) is 0 Å². The fraction of sp³-hybridized carbons (Fsp3) is 0.611. The summed E-state index contributed by atoms with van der Waals surface area (Å²) in [6, 6.07) is 7.92. The maximum atomic E-state index is 6.05. The maximum Gasteiger partial charge on any atom is 0.193 e. The normalized spacial score (nSPS) is 11.6. The van der Waals surface area contributed by atoms with Crippen molar-refractivity contribution in [3.05, 3.63) is 34.9 Å². The van der Waals surface area contributed by atoms with Gasteiger partial charge in [-0.3, -0.25) is 4.99 Å². The molecule has 0 saturated carbocycles. The molecule has 136 valence electrons. The summed E-state index contributed by atoms with van der Waals surface area (Å²) < 4.78 is 10.4. The number of aliphatic imine (C=N–C) groups is 1. The Hall–Kier alpha value is -1.30. The molecule has 0 radical (unpaired) electrons. The van der Waals surface area contributed by atoms with Crippen molar-refractivity contribution in [3.8, 4) is 0 Å². The Morgan fingerprint density at radius 2 is 2.08 bits per heavy atom. The van der Waals surface area contributed by atoms with Gasteiger partial charge in [-0.25, -0.2) is 0 Å². The van der Waals surface area contributed by atoms with Crippen molar-refractivity contribution >= 4 is 17.6 Å². The summed E-state index contributed by atoms with van der Waals surface area (Å²) in [5.74, 6) is 0.915. The molecule has 0 atom stereocenters. The van der Waals surface area contributed by atoms with Gasteiger partial charge < -0.3 is 19.7 Å². The van der Waals surface area contributed by atoms with E-state index in [1.165, 1.54) is 5.56 Å². The lowest BCUT2D eigenvalue weighted by Gasteiger charge is -2.22. The van der Waals surface area contributed by atoms with Crippen LogP contribution >= 0.6 is 11.6 Å². The van der Waals surface area contributed by atoms with Crippen LogP contribution in [0.4, 0.5) is 0 Å². The number of ether oxygens (including phenoxy) is 2. The minimum Gasteiger partial charge on any atom is -0.382 e. The molecule has 0 spiro atoms. The van der Waals surface area contributed by atoms with Gasteiger partial charge in [-0.1, -0.05) is 23.7 Å². The highest BCUT2D eigenvalue weighted by atomic mass is 35.5. The Kier molecular flexibility index (Phi) is 11.3. The molecule has 0 saturated heterocycles. The second-order valence-corrected chi connectivity index (χ2v) is 5.97. The Morgan fingerprint density at radius 1 is 1.25 bits per heavy atom. The van der Waals surface area contributed by atoms with E-state index in [0.717, 1.165) is 50.1 Å². The van der Waals surface area contributed by atoms with Gasteiger partial charge in [-0.15, -0.1) is 0 Å². The number of methoxy groups -OCH3 is 1. The molecule has 0 aliphatic heterocycles. The number of nitrogens with one attached hydrogen (secondary N) is 1. The Morgan fingerprint density at radius 3 is 2.79 bits per heavy atom. The van der Waals surface area contributed by atoms with Crippen molar-refractivity contribution < 1.29 is 9.47 Å². The van der Waals surface area contributed by atoms with Crippen LogP contribution in [0.25, 0.3) is 0 Å². The summed E-state index contributed by atoms with van der Waals surface area (Å²) in [5.41, 5.74) is 1.17. The van der Waals surface area contributed by atoms with Crippen LogP contribution in [0.3, 0.4) is 0 Å². The molecule has 0 amide bonds. The van der Waals surface area contributed by atoms with E-state index in [-0.39, 0.29) is 0 Å². The van der Waals surface area contributed by atoms with Gasteiger partial charge in [0.15, 0.2) is 5.96 Å². The molecule has 1 aromatic carbocycles. The first kappa shape index (κ1) is 20.7. The Labute approximate surface area is 151 Å². The number of benzene rings is 1. The first-order valence-corrected chi connectivity index (χ1v) is 8.85. The van der Waals surface area contributed by atoms with Crippen LogP contribution in [0.1, 0.15) is 25.3 Å². The molecule has 1 aromatic rings. The molecule has 5 nitrogen and oxygen atoms in total. The summed E-state index contributed by atoms with van der Waals surface area (Å²) in [7, 11) is 3.72. The van der Waals surface area contributed by atoms with Gasteiger partial charge in [0, 0.05) is 45.4 Å². The smallest absolute Gasteiger partial charge is 0.193 e.